The molecule has 0 fully saturated rings. The molecule has 1 amide bonds. The molecule has 0 aliphatic carbocycles. The Morgan fingerprint density at radius 1 is 1.14 bits per heavy atom. The number of fused-ring (bicyclic) bond motifs is 1. The second-order valence-electron chi connectivity index (χ2n) is 4.83. The molecule has 0 aliphatic rings. The van der Waals surface area contributed by atoms with Gasteiger partial charge in [-0.2, -0.15) is 4.99 Å². The van der Waals surface area contributed by atoms with Crippen LogP contribution in [0.25, 0.3) is 10.2 Å². The van der Waals surface area contributed by atoms with Crippen LogP contribution in [-0.2, 0) is 11.8 Å². The first kappa shape index (κ1) is 15.1. The van der Waals surface area contributed by atoms with Crippen LogP contribution in [-0.4, -0.2) is 16.2 Å². The first-order chi connectivity index (χ1) is 10.7. The van der Waals surface area contributed by atoms with Crippen molar-refractivity contribution in [2.45, 2.75) is 11.3 Å². The van der Waals surface area contributed by atoms with Gasteiger partial charge in [0.05, 0.1) is 10.2 Å². The van der Waals surface area contributed by atoms with Gasteiger partial charge in [0.1, 0.15) is 0 Å². The van der Waals surface area contributed by atoms with Crippen molar-refractivity contribution >= 4 is 39.2 Å². The van der Waals surface area contributed by atoms with E-state index < -0.39 is 0 Å². The monoisotopic (exact) mass is 328 g/mol. The van der Waals surface area contributed by atoms with Crippen LogP contribution in [0.2, 0.25) is 0 Å². The van der Waals surface area contributed by atoms with E-state index >= 15 is 0 Å². The lowest BCUT2D eigenvalue weighted by molar-refractivity contribution is -0.117. The SMILES string of the molecule is Cn1c(=NC(=O)CCSc2ccccc2)sc2ccccc21. The van der Waals surface area contributed by atoms with Crippen LogP contribution in [0, 0.1) is 0 Å². The van der Waals surface area contributed by atoms with Crippen molar-refractivity contribution in [3.8, 4) is 0 Å². The number of carbonyl (C=O) groups is 1. The van der Waals surface area contributed by atoms with Crippen molar-refractivity contribution in [2.24, 2.45) is 12.0 Å². The van der Waals surface area contributed by atoms with Crippen molar-refractivity contribution in [3.05, 3.63) is 59.4 Å². The molecule has 5 heteroatoms. The summed E-state index contributed by atoms with van der Waals surface area (Å²) in [5, 5.41) is 0. The zero-order valence-corrected chi connectivity index (χ0v) is 13.9. The minimum absolute atomic E-state index is 0.0643. The molecule has 0 spiro atoms. The quantitative estimate of drug-likeness (QED) is 0.682. The summed E-state index contributed by atoms with van der Waals surface area (Å²) in [5.74, 6) is 0.687. The maximum absolute atomic E-state index is 12.0. The predicted octanol–water partition coefficient (Wildman–Crippen LogP) is 3.85. The van der Waals surface area contributed by atoms with E-state index in [4.69, 9.17) is 0 Å². The summed E-state index contributed by atoms with van der Waals surface area (Å²) in [6, 6.07) is 18.2. The maximum atomic E-state index is 12.0. The molecular weight excluding hydrogens is 312 g/mol. The average Bonchev–Trinajstić information content (AvgIpc) is 2.85. The van der Waals surface area contributed by atoms with Gasteiger partial charge in [0.15, 0.2) is 4.80 Å². The standard InChI is InChI=1S/C17H16N2OS2/c1-19-14-9-5-6-10-15(14)22-17(19)18-16(20)11-12-21-13-7-3-2-4-8-13/h2-10H,11-12H2,1H3. The number of rotatable bonds is 4. The summed E-state index contributed by atoms with van der Waals surface area (Å²) in [7, 11) is 1.95. The Morgan fingerprint density at radius 3 is 2.64 bits per heavy atom. The molecule has 3 rings (SSSR count). The summed E-state index contributed by atoms with van der Waals surface area (Å²) in [5.41, 5.74) is 1.11. The number of aromatic nitrogens is 1. The van der Waals surface area contributed by atoms with Gasteiger partial charge < -0.3 is 4.57 Å². The highest BCUT2D eigenvalue weighted by Gasteiger charge is 2.04. The summed E-state index contributed by atoms with van der Waals surface area (Å²) in [6.07, 6.45) is 0.452. The third-order valence-corrected chi connectivity index (χ3v) is 5.39. The van der Waals surface area contributed by atoms with Crippen LogP contribution in [0.3, 0.4) is 0 Å². The van der Waals surface area contributed by atoms with Gasteiger partial charge in [0.2, 0.25) is 5.91 Å². The molecule has 0 atom stereocenters. The van der Waals surface area contributed by atoms with E-state index in [9.17, 15) is 4.79 Å². The van der Waals surface area contributed by atoms with E-state index in [1.807, 2.05) is 48.0 Å². The molecule has 0 saturated heterocycles. The topological polar surface area (TPSA) is 34.4 Å². The van der Waals surface area contributed by atoms with Gasteiger partial charge in [-0.05, 0) is 24.3 Å². The number of thioether (sulfide) groups is 1. The number of para-hydroxylation sites is 1. The summed E-state index contributed by atoms with van der Waals surface area (Å²) in [6.45, 7) is 0. The van der Waals surface area contributed by atoms with Crippen LogP contribution >= 0.6 is 23.1 Å². The molecule has 1 aromatic heterocycles. The van der Waals surface area contributed by atoms with E-state index in [2.05, 4.69) is 23.2 Å². The second-order valence-corrected chi connectivity index (χ2v) is 7.01. The lowest BCUT2D eigenvalue weighted by atomic mass is 10.3. The molecule has 22 heavy (non-hydrogen) atoms. The van der Waals surface area contributed by atoms with Gasteiger partial charge in [0.25, 0.3) is 0 Å². The van der Waals surface area contributed by atoms with E-state index in [1.165, 1.54) is 4.90 Å². The van der Waals surface area contributed by atoms with Gasteiger partial charge >= 0.3 is 0 Å². The molecule has 0 aliphatic heterocycles. The van der Waals surface area contributed by atoms with E-state index in [1.54, 1.807) is 23.1 Å². The number of benzene rings is 2. The lowest BCUT2D eigenvalue weighted by Gasteiger charge is -1.98. The fourth-order valence-corrected chi connectivity index (χ4v) is 4.02. The molecule has 1 heterocycles. The van der Waals surface area contributed by atoms with Gasteiger partial charge in [-0.3, -0.25) is 4.79 Å². The Balaban J connectivity index is 1.68. The highest BCUT2D eigenvalue weighted by Crippen LogP contribution is 2.18. The highest BCUT2D eigenvalue weighted by atomic mass is 32.2. The minimum atomic E-state index is -0.0643. The Bertz CT molecular complexity index is 850. The summed E-state index contributed by atoms with van der Waals surface area (Å²) in [4.78, 5) is 18.2. The molecule has 0 saturated carbocycles. The maximum Gasteiger partial charge on any atom is 0.249 e. The second kappa shape index (κ2) is 6.94. The number of carbonyl (C=O) groups excluding carboxylic acids is 1. The van der Waals surface area contributed by atoms with Crippen LogP contribution in [0.15, 0.2) is 64.5 Å². The zero-order chi connectivity index (χ0) is 15.4. The van der Waals surface area contributed by atoms with Crippen molar-refractivity contribution in [2.75, 3.05) is 5.75 Å². The summed E-state index contributed by atoms with van der Waals surface area (Å²) >= 11 is 3.24. The number of hydrogen-bond donors (Lipinski definition) is 0. The van der Waals surface area contributed by atoms with Gasteiger partial charge in [0, 0.05) is 24.1 Å². The Morgan fingerprint density at radius 2 is 1.86 bits per heavy atom. The molecule has 2 aromatic carbocycles. The van der Waals surface area contributed by atoms with Crippen molar-refractivity contribution < 1.29 is 4.79 Å². The molecule has 0 N–H and O–H groups in total. The number of amides is 1. The van der Waals surface area contributed by atoms with Crippen molar-refractivity contribution in [1.29, 1.82) is 0 Å². The largest absolute Gasteiger partial charge is 0.319 e. The first-order valence-electron chi connectivity index (χ1n) is 7.04. The molecule has 3 nitrogen and oxygen atoms in total. The molecule has 112 valence electrons. The Kier molecular flexibility index (Phi) is 4.75. The number of aryl methyl sites for hydroxylation is 1. The van der Waals surface area contributed by atoms with Gasteiger partial charge in [-0.15, -0.1) is 11.8 Å². The van der Waals surface area contributed by atoms with Crippen LogP contribution in [0.1, 0.15) is 6.42 Å². The number of nitrogens with zero attached hydrogens (tertiary/aromatic N) is 2. The fraction of sp³-hybridized carbons (Fsp3) is 0.176. The number of hydrogen-bond acceptors (Lipinski definition) is 3. The van der Waals surface area contributed by atoms with Crippen LogP contribution in [0.4, 0.5) is 0 Å². The fourth-order valence-electron chi connectivity index (χ4n) is 2.12. The van der Waals surface area contributed by atoms with Crippen molar-refractivity contribution in [3.63, 3.8) is 0 Å². The van der Waals surface area contributed by atoms with Crippen molar-refractivity contribution in [1.82, 2.24) is 4.57 Å². The zero-order valence-electron chi connectivity index (χ0n) is 12.2. The number of thiazole rings is 1. The average molecular weight is 328 g/mol. The summed E-state index contributed by atoms with van der Waals surface area (Å²) < 4.78 is 3.12. The van der Waals surface area contributed by atoms with Crippen LogP contribution < -0.4 is 4.80 Å². The highest BCUT2D eigenvalue weighted by molar-refractivity contribution is 7.99. The molecule has 3 aromatic rings. The minimum Gasteiger partial charge on any atom is -0.319 e. The van der Waals surface area contributed by atoms with Gasteiger partial charge in [-0.1, -0.05) is 41.7 Å². The Hall–Kier alpha value is -1.85. The third-order valence-electron chi connectivity index (χ3n) is 3.26. The third kappa shape index (κ3) is 3.48. The molecule has 0 radical (unpaired) electrons. The van der Waals surface area contributed by atoms with Crippen LogP contribution in [0.5, 0.6) is 0 Å². The molecule has 0 bridgehead atoms. The van der Waals surface area contributed by atoms with E-state index in [0.717, 1.165) is 20.8 Å². The first-order valence-corrected chi connectivity index (χ1v) is 8.84. The Labute approximate surface area is 137 Å². The van der Waals surface area contributed by atoms with E-state index in [0.29, 0.717) is 6.42 Å². The van der Waals surface area contributed by atoms with Gasteiger partial charge in [-0.25, -0.2) is 0 Å². The smallest absolute Gasteiger partial charge is 0.249 e. The van der Waals surface area contributed by atoms with E-state index in [-0.39, 0.29) is 5.91 Å². The normalized spacial score (nSPS) is 12.0. The predicted molar refractivity (Wildman–Crippen MR) is 93.1 cm³/mol. The molecular formula is C17H16N2OS2. The molecule has 0 unspecified atom stereocenters. The lowest BCUT2D eigenvalue weighted by Crippen LogP contribution is -2.13.